The summed E-state index contributed by atoms with van der Waals surface area (Å²) in [4.78, 5) is 10.6. The van der Waals surface area contributed by atoms with Crippen LogP contribution in [-0.4, -0.2) is 11.1 Å². The molecule has 1 N–H and O–H groups in total. The van der Waals surface area contributed by atoms with Crippen LogP contribution in [0.3, 0.4) is 0 Å². The predicted octanol–water partition coefficient (Wildman–Crippen LogP) is 5.10. The molecule has 0 aliphatic heterocycles. The molecule has 0 heterocycles. The van der Waals surface area contributed by atoms with Gasteiger partial charge in [-0.15, -0.1) is 0 Å². The molecule has 1 fully saturated rings. The lowest BCUT2D eigenvalue weighted by Crippen LogP contribution is -2.16. The molecule has 0 amide bonds. The SMILES string of the molecule is CC(C)CC1CCCC(c2cccc(/C=C/C(=O)O)c2)C1. The van der Waals surface area contributed by atoms with Crippen LogP contribution in [0.15, 0.2) is 30.3 Å². The molecule has 0 spiro atoms. The van der Waals surface area contributed by atoms with Crippen molar-refractivity contribution in [2.24, 2.45) is 11.8 Å². The van der Waals surface area contributed by atoms with E-state index in [1.165, 1.54) is 43.7 Å². The lowest BCUT2D eigenvalue weighted by molar-refractivity contribution is -0.131. The van der Waals surface area contributed by atoms with Gasteiger partial charge in [0.05, 0.1) is 0 Å². The topological polar surface area (TPSA) is 37.3 Å². The van der Waals surface area contributed by atoms with Crippen molar-refractivity contribution < 1.29 is 9.90 Å². The molecule has 0 aromatic heterocycles. The van der Waals surface area contributed by atoms with Crippen LogP contribution in [0.2, 0.25) is 0 Å². The van der Waals surface area contributed by atoms with Crippen LogP contribution < -0.4 is 0 Å². The van der Waals surface area contributed by atoms with Gasteiger partial charge in [0.2, 0.25) is 0 Å². The van der Waals surface area contributed by atoms with E-state index in [-0.39, 0.29) is 0 Å². The quantitative estimate of drug-likeness (QED) is 0.764. The maximum absolute atomic E-state index is 10.6. The molecular formula is C19H26O2. The van der Waals surface area contributed by atoms with Gasteiger partial charge in [-0.2, -0.15) is 0 Å². The average Bonchev–Trinajstić information content (AvgIpc) is 2.45. The molecule has 114 valence electrons. The molecule has 21 heavy (non-hydrogen) atoms. The Morgan fingerprint density at radius 2 is 2.19 bits per heavy atom. The van der Waals surface area contributed by atoms with E-state index in [0.717, 1.165) is 17.4 Å². The molecule has 1 aromatic rings. The molecule has 1 aliphatic carbocycles. The minimum absolute atomic E-state index is 0.640. The van der Waals surface area contributed by atoms with Gasteiger partial charge in [0, 0.05) is 6.08 Å². The van der Waals surface area contributed by atoms with Crippen molar-refractivity contribution >= 4 is 12.0 Å². The molecular weight excluding hydrogens is 260 g/mol. The highest BCUT2D eigenvalue weighted by atomic mass is 16.4. The third kappa shape index (κ3) is 5.04. The minimum Gasteiger partial charge on any atom is -0.478 e. The summed E-state index contributed by atoms with van der Waals surface area (Å²) in [5.41, 5.74) is 2.36. The molecule has 2 atom stereocenters. The van der Waals surface area contributed by atoms with Crippen LogP contribution in [-0.2, 0) is 4.79 Å². The lowest BCUT2D eigenvalue weighted by Gasteiger charge is -2.30. The largest absolute Gasteiger partial charge is 0.478 e. The van der Waals surface area contributed by atoms with E-state index in [2.05, 4.69) is 26.0 Å². The predicted molar refractivity (Wildman–Crippen MR) is 87.3 cm³/mol. The Hall–Kier alpha value is -1.57. The summed E-state index contributed by atoms with van der Waals surface area (Å²) in [6, 6.07) is 8.36. The maximum Gasteiger partial charge on any atom is 0.328 e. The fraction of sp³-hybridized carbons (Fsp3) is 0.526. The third-order valence-electron chi connectivity index (χ3n) is 4.39. The van der Waals surface area contributed by atoms with Crippen molar-refractivity contribution in [1.82, 2.24) is 0 Å². The number of hydrogen-bond donors (Lipinski definition) is 1. The van der Waals surface area contributed by atoms with Crippen molar-refractivity contribution in [3.63, 3.8) is 0 Å². The van der Waals surface area contributed by atoms with Gasteiger partial charge >= 0.3 is 5.97 Å². The molecule has 1 saturated carbocycles. The van der Waals surface area contributed by atoms with Gasteiger partial charge in [0.15, 0.2) is 0 Å². The third-order valence-corrected chi connectivity index (χ3v) is 4.39. The van der Waals surface area contributed by atoms with E-state index >= 15 is 0 Å². The van der Waals surface area contributed by atoms with Crippen molar-refractivity contribution in [3.8, 4) is 0 Å². The molecule has 2 heteroatoms. The van der Waals surface area contributed by atoms with Gasteiger partial charge in [0.1, 0.15) is 0 Å². The van der Waals surface area contributed by atoms with E-state index < -0.39 is 5.97 Å². The number of rotatable bonds is 5. The van der Waals surface area contributed by atoms with E-state index in [1.54, 1.807) is 6.08 Å². The van der Waals surface area contributed by atoms with Gasteiger partial charge in [-0.3, -0.25) is 0 Å². The van der Waals surface area contributed by atoms with Crippen molar-refractivity contribution in [2.45, 2.75) is 51.9 Å². The zero-order chi connectivity index (χ0) is 15.2. The Balaban J connectivity index is 2.06. The highest BCUT2D eigenvalue weighted by Crippen LogP contribution is 2.38. The number of benzene rings is 1. The van der Waals surface area contributed by atoms with Crippen LogP contribution in [0.25, 0.3) is 6.08 Å². The van der Waals surface area contributed by atoms with Gasteiger partial charge < -0.3 is 5.11 Å². The first-order chi connectivity index (χ1) is 10.0. The summed E-state index contributed by atoms with van der Waals surface area (Å²) in [5, 5.41) is 8.72. The fourth-order valence-corrected chi connectivity index (χ4v) is 3.56. The first kappa shape index (κ1) is 15.8. The molecule has 2 rings (SSSR count). The molecule has 1 aromatic carbocycles. The fourth-order valence-electron chi connectivity index (χ4n) is 3.56. The van der Waals surface area contributed by atoms with E-state index in [4.69, 9.17) is 5.11 Å². The maximum atomic E-state index is 10.6. The molecule has 0 bridgehead atoms. The number of aliphatic carboxylic acids is 1. The summed E-state index contributed by atoms with van der Waals surface area (Å²) in [5.74, 6) is 1.37. The van der Waals surface area contributed by atoms with Crippen LogP contribution in [0, 0.1) is 11.8 Å². The van der Waals surface area contributed by atoms with Crippen LogP contribution in [0.5, 0.6) is 0 Å². The van der Waals surface area contributed by atoms with Crippen LogP contribution >= 0.6 is 0 Å². The summed E-state index contributed by atoms with van der Waals surface area (Å²) in [7, 11) is 0. The van der Waals surface area contributed by atoms with Gasteiger partial charge in [-0.05, 0) is 54.2 Å². The first-order valence-electron chi connectivity index (χ1n) is 8.05. The molecule has 1 aliphatic rings. The van der Waals surface area contributed by atoms with Gasteiger partial charge in [-0.1, -0.05) is 51.0 Å². The molecule has 2 nitrogen and oxygen atoms in total. The second-order valence-electron chi connectivity index (χ2n) is 6.70. The van der Waals surface area contributed by atoms with Crippen molar-refractivity contribution in [1.29, 1.82) is 0 Å². The molecule has 0 saturated heterocycles. The second-order valence-corrected chi connectivity index (χ2v) is 6.70. The van der Waals surface area contributed by atoms with Crippen molar-refractivity contribution in [2.75, 3.05) is 0 Å². The number of hydrogen-bond acceptors (Lipinski definition) is 1. The van der Waals surface area contributed by atoms with E-state index in [1.807, 2.05) is 12.1 Å². The lowest BCUT2D eigenvalue weighted by atomic mass is 9.75. The first-order valence-corrected chi connectivity index (χ1v) is 8.05. The highest BCUT2D eigenvalue weighted by Gasteiger charge is 2.23. The number of carboxylic acids is 1. The summed E-state index contributed by atoms with van der Waals surface area (Å²) >= 11 is 0. The van der Waals surface area contributed by atoms with Gasteiger partial charge in [-0.25, -0.2) is 4.79 Å². The van der Waals surface area contributed by atoms with Crippen molar-refractivity contribution in [3.05, 3.63) is 41.5 Å². The monoisotopic (exact) mass is 286 g/mol. The highest BCUT2D eigenvalue weighted by molar-refractivity contribution is 5.85. The minimum atomic E-state index is -0.893. The smallest absolute Gasteiger partial charge is 0.328 e. The van der Waals surface area contributed by atoms with Crippen LogP contribution in [0.1, 0.15) is 63.0 Å². The van der Waals surface area contributed by atoms with E-state index in [9.17, 15) is 4.79 Å². The summed E-state index contributed by atoms with van der Waals surface area (Å²) < 4.78 is 0. The Morgan fingerprint density at radius 3 is 2.90 bits per heavy atom. The number of carboxylic acid groups (broad SMARTS) is 1. The zero-order valence-corrected chi connectivity index (χ0v) is 13.1. The van der Waals surface area contributed by atoms with Crippen LogP contribution in [0.4, 0.5) is 0 Å². The second kappa shape index (κ2) is 7.44. The van der Waals surface area contributed by atoms with Gasteiger partial charge in [0.25, 0.3) is 0 Å². The summed E-state index contributed by atoms with van der Waals surface area (Å²) in [6.07, 6.45) is 9.45. The number of carbonyl (C=O) groups is 1. The normalized spacial score (nSPS) is 22.8. The zero-order valence-electron chi connectivity index (χ0n) is 13.1. The average molecular weight is 286 g/mol. The Labute approximate surface area is 127 Å². The Kier molecular flexibility index (Phi) is 5.60. The standard InChI is InChI=1S/C19H26O2/c1-14(2)11-16-6-4-8-18(13-16)17-7-3-5-15(12-17)9-10-19(20)21/h3,5,7,9-10,12,14,16,18H,4,6,8,11,13H2,1-2H3,(H,20,21)/b10-9+. The Bertz CT molecular complexity index is 502. The summed E-state index contributed by atoms with van der Waals surface area (Å²) in [6.45, 7) is 4.61. The molecule has 0 radical (unpaired) electrons. The molecule has 2 unspecified atom stereocenters. The van der Waals surface area contributed by atoms with E-state index in [0.29, 0.717) is 5.92 Å². The Morgan fingerprint density at radius 1 is 1.38 bits per heavy atom.